The Kier molecular flexibility index (Phi) is 21.3. The van der Waals surface area contributed by atoms with Gasteiger partial charge in [0, 0.05) is 33.4 Å². The minimum atomic E-state index is -0.662. The molecule has 3 unspecified atom stereocenters. The van der Waals surface area contributed by atoms with Gasteiger partial charge in [-0.15, -0.1) is 0 Å². The van der Waals surface area contributed by atoms with Crippen molar-refractivity contribution in [3.8, 4) is 119 Å². The van der Waals surface area contributed by atoms with E-state index in [0.29, 0.717) is 40.5 Å². The number of aryl methyl sites for hydroxylation is 1. The summed E-state index contributed by atoms with van der Waals surface area (Å²) in [6.45, 7) is 2.13. The molecular formula is C137H88FN7. The third kappa shape index (κ3) is 14.4. The Labute approximate surface area is 841 Å². The fourth-order valence-corrected chi connectivity index (χ4v) is 23.5. The number of nitriles is 1. The zero-order valence-corrected chi connectivity index (χ0v) is 79.1. The molecule has 0 fully saturated rings. The normalized spacial score (nSPS) is 15.4. The molecule has 678 valence electrons. The Balaban J connectivity index is 0.000000111. The number of halogens is 1. The maximum absolute atomic E-state index is 14.2. The van der Waals surface area contributed by atoms with Gasteiger partial charge in [-0.25, -0.2) is 34.3 Å². The van der Waals surface area contributed by atoms with Crippen molar-refractivity contribution in [3.63, 3.8) is 0 Å². The van der Waals surface area contributed by atoms with Gasteiger partial charge in [0.2, 0.25) is 0 Å². The van der Waals surface area contributed by atoms with Crippen LogP contribution >= 0.6 is 0 Å². The third-order valence-corrected chi connectivity index (χ3v) is 29.9. The number of aromatic nitrogens is 6. The van der Waals surface area contributed by atoms with E-state index in [0.717, 1.165) is 61.2 Å². The van der Waals surface area contributed by atoms with Crippen molar-refractivity contribution in [2.75, 3.05) is 0 Å². The summed E-state index contributed by atoms with van der Waals surface area (Å²) < 4.78 is 14.2. The van der Waals surface area contributed by atoms with Crippen LogP contribution in [0.15, 0.2) is 497 Å². The maximum Gasteiger partial charge on any atom is 0.164 e. The van der Waals surface area contributed by atoms with Crippen molar-refractivity contribution < 1.29 is 4.39 Å². The summed E-state index contributed by atoms with van der Waals surface area (Å²) in [7, 11) is 0. The first-order valence-electron chi connectivity index (χ1n) is 49.3. The Morgan fingerprint density at radius 3 is 0.779 bits per heavy atom. The average Bonchev–Trinajstić information content (AvgIpc) is 1.53. The largest absolute Gasteiger partial charge is 0.208 e. The molecule has 0 saturated heterocycles. The molecule has 3 spiro atoms. The standard InChI is InChI=1S/C48H30FN3.C48H31N3.C41H27N/c49-36-26-23-31(24-27-36)40-29-34-17-7-10-20-41(34)48(43-22-12-9-19-38(40)43)42-21-11-8-18-37(42)39-28-25-35(30-44(39)48)47-51-45(32-13-3-1-4-14-32)50-46(52-47)33-15-5-2-6-16-33;1-4-16-32(17-5-1)40-30-35-22-10-13-25-41(35)48(43-27-15-12-24-38(40)43)42-26-14-11-23-37(42)39-29-28-36(31-44(39)48)47-50-45(33-18-6-2-7-19-33)49-46(51-47)34-20-8-3-9-21-34;1-27-14-18-29(19-15-27)31-22-23-40-36(24-31)34-10-4-7-13-39(34)41(40)37-11-5-2-8-32(37)25-35(33-9-3-6-12-38(33)41)30-20-16-28(26-42)17-21-30/h1-30H;1-31H;2-25H,1H3. The molecule has 7 nitrogen and oxygen atoms in total. The molecule has 20 aromatic carbocycles. The second kappa shape index (κ2) is 35.7. The van der Waals surface area contributed by atoms with Crippen LogP contribution < -0.4 is 0 Å². The van der Waals surface area contributed by atoms with E-state index < -0.39 is 16.2 Å². The lowest BCUT2D eigenvalue weighted by atomic mass is 9.65. The Morgan fingerprint density at radius 1 is 0.186 bits per heavy atom. The highest BCUT2D eigenvalue weighted by atomic mass is 19.1. The van der Waals surface area contributed by atoms with E-state index >= 15 is 0 Å². The molecule has 0 bridgehead atoms. The molecule has 0 saturated carbocycles. The van der Waals surface area contributed by atoms with E-state index in [1.165, 1.54) is 156 Å². The number of hydrogen-bond acceptors (Lipinski definition) is 7. The van der Waals surface area contributed by atoms with Crippen molar-refractivity contribution in [2.45, 2.75) is 23.2 Å². The van der Waals surface area contributed by atoms with Crippen molar-refractivity contribution >= 4 is 34.9 Å². The predicted molar refractivity (Wildman–Crippen MR) is 586 cm³/mol. The summed E-state index contributed by atoms with van der Waals surface area (Å²) in [5.41, 5.74) is 44.5. The number of hydrogen-bond donors (Lipinski definition) is 0. The summed E-state index contributed by atoms with van der Waals surface area (Å²) in [6, 6.07) is 177. The minimum absolute atomic E-state index is 0.251. The van der Waals surface area contributed by atoms with E-state index in [1.807, 2.05) is 121 Å². The number of benzene rings is 20. The van der Waals surface area contributed by atoms with Gasteiger partial charge in [0.15, 0.2) is 34.9 Å². The average molecular weight is 1850 g/mol. The molecule has 2 heterocycles. The number of rotatable bonds is 10. The first-order valence-corrected chi connectivity index (χ1v) is 49.3. The Bertz CT molecular complexity index is 8950. The van der Waals surface area contributed by atoms with Gasteiger partial charge in [-0.05, 0) is 246 Å². The summed E-state index contributed by atoms with van der Waals surface area (Å²) >= 11 is 0. The predicted octanol–water partition coefficient (Wildman–Crippen LogP) is 32.2. The maximum atomic E-state index is 14.2. The third-order valence-electron chi connectivity index (χ3n) is 29.9. The topological polar surface area (TPSA) is 101 Å². The van der Waals surface area contributed by atoms with Crippen LogP contribution in [0.25, 0.3) is 148 Å². The van der Waals surface area contributed by atoms with Crippen LogP contribution in [0.1, 0.15) is 128 Å². The van der Waals surface area contributed by atoms with Gasteiger partial charge >= 0.3 is 0 Å². The van der Waals surface area contributed by atoms with Gasteiger partial charge < -0.3 is 0 Å². The monoisotopic (exact) mass is 1850 g/mol. The fraction of sp³-hybridized carbons (Fsp3) is 0.0292. The van der Waals surface area contributed by atoms with Crippen molar-refractivity contribution in [3.05, 3.63) is 631 Å². The SMILES string of the molecule is C1=C(c2ccccc2)c2ccccc2C2(c3ccccc31)c1ccccc1-c1ccc(-c3nc(-c4ccccc4)nc(-c4ccccc4)n3)cc12.Cc1ccc(-c2ccc3c(c2)-c2ccccc2C32c3ccccc3C=C(c3ccc(C#N)cc3)c3ccccc32)cc1.Fc1ccc(C2=Cc3ccccc3C3(c4ccccc42)c2ccccc2-c2ccc(-c4nc(-c5ccccc5)nc(-c5ccccc5)n4)cc23)cc1. The Morgan fingerprint density at radius 2 is 0.428 bits per heavy atom. The van der Waals surface area contributed by atoms with Crippen molar-refractivity contribution in [1.82, 2.24) is 29.9 Å². The van der Waals surface area contributed by atoms with Gasteiger partial charge in [0.25, 0.3) is 0 Å². The molecule has 22 aromatic rings. The molecular weight excluding hydrogens is 1760 g/mol. The minimum Gasteiger partial charge on any atom is -0.208 e. The van der Waals surface area contributed by atoms with Crippen LogP contribution in [-0.2, 0) is 16.2 Å². The summed E-state index contributed by atoms with van der Waals surface area (Å²) in [4.78, 5) is 30.4. The lowest BCUT2D eigenvalue weighted by Crippen LogP contribution is -2.30. The summed E-state index contributed by atoms with van der Waals surface area (Å²) in [6.07, 6.45) is 6.99. The van der Waals surface area contributed by atoms with E-state index in [9.17, 15) is 9.65 Å². The second-order valence-electron chi connectivity index (χ2n) is 37.7. The first kappa shape index (κ1) is 86.4. The van der Waals surface area contributed by atoms with Gasteiger partial charge in [-0.1, -0.05) is 461 Å². The molecule has 6 aliphatic carbocycles. The zero-order valence-electron chi connectivity index (χ0n) is 79.1. The van der Waals surface area contributed by atoms with Crippen LogP contribution in [0.2, 0.25) is 0 Å². The quantitative estimate of drug-likeness (QED) is 0.134. The first-order chi connectivity index (χ1) is 71.6. The van der Waals surface area contributed by atoms with Crippen LogP contribution in [0.5, 0.6) is 0 Å². The van der Waals surface area contributed by atoms with Crippen LogP contribution in [-0.4, -0.2) is 29.9 Å². The molecule has 3 atom stereocenters. The Hall–Kier alpha value is -18.9. The van der Waals surface area contributed by atoms with Crippen LogP contribution in [0.4, 0.5) is 4.39 Å². The van der Waals surface area contributed by atoms with Gasteiger partial charge in [-0.3, -0.25) is 0 Å². The highest BCUT2D eigenvalue weighted by Crippen LogP contribution is 2.65. The lowest BCUT2D eigenvalue weighted by Gasteiger charge is -2.35. The highest BCUT2D eigenvalue weighted by molar-refractivity contribution is 6.04. The number of nitrogens with zero attached hydrogens (tertiary/aromatic N) is 7. The van der Waals surface area contributed by atoms with Gasteiger partial charge in [0.05, 0.1) is 27.9 Å². The fourth-order valence-electron chi connectivity index (χ4n) is 23.5. The van der Waals surface area contributed by atoms with Crippen LogP contribution in [0, 0.1) is 24.1 Å². The lowest BCUT2D eigenvalue weighted by molar-refractivity contribution is 0.627. The molecule has 0 aliphatic heterocycles. The molecule has 0 radical (unpaired) electrons. The second-order valence-corrected chi connectivity index (χ2v) is 37.7. The van der Waals surface area contributed by atoms with Gasteiger partial charge in [-0.2, -0.15) is 5.26 Å². The molecule has 2 aromatic heterocycles. The molecule has 145 heavy (non-hydrogen) atoms. The van der Waals surface area contributed by atoms with Gasteiger partial charge in [0.1, 0.15) is 5.82 Å². The molecule has 0 N–H and O–H groups in total. The van der Waals surface area contributed by atoms with Crippen molar-refractivity contribution in [1.29, 1.82) is 5.26 Å². The van der Waals surface area contributed by atoms with E-state index in [2.05, 4.69) is 395 Å². The smallest absolute Gasteiger partial charge is 0.164 e. The van der Waals surface area contributed by atoms with E-state index in [1.54, 1.807) is 12.1 Å². The summed E-state index contributed by atoms with van der Waals surface area (Å²) in [5.74, 6) is 3.57. The molecule has 6 aliphatic rings. The summed E-state index contributed by atoms with van der Waals surface area (Å²) in [5, 5.41) is 9.44. The number of fused-ring (bicyclic) bond motifs is 27. The molecule has 28 rings (SSSR count). The van der Waals surface area contributed by atoms with Crippen LogP contribution in [0.3, 0.4) is 0 Å². The zero-order chi connectivity index (χ0) is 96.7. The molecule has 0 amide bonds. The highest BCUT2D eigenvalue weighted by Gasteiger charge is 2.53. The van der Waals surface area contributed by atoms with Crippen molar-refractivity contribution in [2.24, 2.45) is 0 Å². The van der Waals surface area contributed by atoms with E-state index in [-0.39, 0.29) is 5.82 Å². The molecule has 8 heteroatoms. The van der Waals surface area contributed by atoms with E-state index in [4.69, 9.17) is 29.9 Å².